The number of rotatable bonds is 4. The average molecular weight is 369 g/mol. The fourth-order valence-corrected chi connectivity index (χ4v) is 3.25. The van der Waals surface area contributed by atoms with Crippen molar-refractivity contribution in [1.29, 1.82) is 0 Å². The molecule has 4 rings (SSSR count). The van der Waals surface area contributed by atoms with Crippen LogP contribution < -0.4 is 4.74 Å². The van der Waals surface area contributed by atoms with Crippen LogP contribution in [0.5, 0.6) is 5.88 Å². The van der Waals surface area contributed by atoms with E-state index in [2.05, 4.69) is 41.1 Å². The molecule has 0 N–H and O–H groups in total. The zero-order chi connectivity index (χ0) is 18.3. The van der Waals surface area contributed by atoms with Gasteiger partial charge in [-0.3, -0.25) is 4.68 Å². The van der Waals surface area contributed by atoms with Gasteiger partial charge in [-0.2, -0.15) is 21.0 Å². The predicted molar refractivity (Wildman–Crippen MR) is 98.1 cm³/mol. The number of ether oxygens (including phenoxy) is 1. The second kappa shape index (κ2) is 6.17. The van der Waals surface area contributed by atoms with E-state index in [1.54, 1.807) is 26.9 Å². The summed E-state index contributed by atoms with van der Waals surface area (Å²) in [6.45, 7) is 6.59. The van der Waals surface area contributed by atoms with E-state index in [1.165, 1.54) is 0 Å². The molecule has 4 heterocycles. The van der Waals surface area contributed by atoms with Crippen molar-refractivity contribution in [3.63, 3.8) is 0 Å². The van der Waals surface area contributed by atoms with Crippen molar-refractivity contribution in [1.82, 2.24) is 34.6 Å². The SMILES string of the molecule is Cn1cnc(COc2nn3c(-c4ccsc4)nnc3cc2C(C)(C)C)n1. The monoisotopic (exact) mass is 369 g/mol. The van der Waals surface area contributed by atoms with Gasteiger partial charge in [0.2, 0.25) is 5.88 Å². The fraction of sp³-hybridized carbons (Fsp3) is 0.353. The summed E-state index contributed by atoms with van der Waals surface area (Å²) < 4.78 is 9.36. The van der Waals surface area contributed by atoms with Crippen LogP contribution in [0.15, 0.2) is 29.2 Å². The minimum Gasteiger partial charge on any atom is -0.468 e. The molecule has 0 atom stereocenters. The third-order valence-electron chi connectivity index (χ3n) is 3.93. The smallest absolute Gasteiger partial charge is 0.236 e. The van der Waals surface area contributed by atoms with E-state index in [1.807, 2.05) is 29.9 Å². The summed E-state index contributed by atoms with van der Waals surface area (Å²) in [6, 6.07) is 3.98. The summed E-state index contributed by atoms with van der Waals surface area (Å²) in [5.74, 6) is 1.84. The van der Waals surface area contributed by atoms with Gasteiger partial charge in [-0.15, -0.1) is 15.3 Å². The van der Waals surface area contributed by atoms with E-state index in [0.717, 1.165) is 11.1 Å². The highest BCUT2D eigenvalue weighted by Crippen LogP contribution is 2.32. The first-order valence-electron chi connectivity index (χ1n) is 8.18. The lowest BCUT2D eigenvalue weighted by atomic mass is 9.88. The second-order valence-electron chi connectivity index (χ2n) is 7.04. The van der Waals surface area contributed by atoms with Crippen molar-refractivity contribution in [3.05, 3.63) is 40.6 Å². The van der Waals surface area contributed by atoms with Crippen LogP contribution >= 0.6 is 11.3 Å². The molecular formula is C17H19N7OS. The zero-order valence-corrected chi connectivity index (χ0v) is 15.9. The Hall–Kier alpha value is -2.81. The Morgan fingerprint density at radius 1 is 1.19 bits per heavy atom. The third kappa shape index (κ3) is 3.05. The van der Waals surface area contributed by atoms with Gasteiger partial charge in [-0.1, -0.05) is 20.8 Å². The van der Waals surface area contributed by atoms with Gasteiger partial charge >= 0.3 is 0 Å². The predicted octanol–water partition coefficient (Wildman–Crippen LogP) is 2.86. The molecule has 0 aliphatic heterocycles. The van der Waals surface area contributed by atoms with E-state index in [-0.39, 0.29) is 12.0 Å². The second-order valence-corrected chi connectivity index (χ2v) is 7.82. The lowest BCUT2D eigenvalue weighted by molar-refractivity contribution is 0.271. The largest absolute Gasteiger partial charge is 0.468 e. The zero-order valence-electron chi connectivity index (χ0n) is 15.0. The Labute approximate surface area is 154 Å². The van der Waals surface area contributed by atoms with Gasteiger partial charge in [0.15, 0.2) is 23.9 Å². The number of aryl methyl sites for hydroxylation is 1. The Bertz CT molecular complexity index is 1040. The molecule has 9 heteroatoms. The van der Waals surface area contributed by atoms with Crippen molar-refractivity contribution < 1.29 is 4.74 Å². The van der Waals surface area contributed by atoms with Crippen LogP contribution in [-0.4, -0.2) is 34.6 Å². The first-order chi connectivity index (χ1) is 12.4. The molecule has 0 amide bonds. The summed E-state index contributed by atoms with van der Waals surface area (Å²) in [5.41, 5.74) is 2.48. The molecule has 4 aromatic rings. The summed E-state index contributed by atoms with van der Waals surface area (Å²) >= 11 is 1.61. The molecule has 4 aromatic heterocycles. The number of hydrogen-bond donors (Lipinski definition) is 0. The number of thiophene rings is 1. The lowest BCUT2D eigenvalue weighted by Crippen LogP contribution is -2.16. The quantitative estimate of drug-likeness (QED) is 0.550. The lowest BCUT2D eigenvalue weighted by Gasteiger charge is -2.21. The summed E-state index contributed by atoms with van der Waals surface area (Å²) in [4.78, 5) is 4.20. The van der Waals surface area contributed by atoms with E-state index in [4.69, 9.17) is 9.84 Å². The van der Waals surface area contributed by atoms with Crippen LogP contribution in [0.4, 0.5) is 0 Å². The average Bonchev–Trinajstić information content (AvgIpc) is 3.31. The van der Waals surface area contributed by atoms with Crippen LogP contribution in [-0.2, 0) is 19.1 Å². The van der Waals surface area contributed by atoms with Crippen LogP contribution in [0, 0.1) is 0 Å². The van der Waals surface area contributed by atoms with Crippen LogP contribution in [0.25, 0.3) is 17.0 Å². The van der Waals surface area contributed by atoms with Gasteiger partial charge < -0.3 is 4.74 Å². The molecule has 0 radical (unpaired) electrons. The summed E-state index contributed by atoms with van der Waals surface area (Å²) in [6.07, 6.45) is 1.65. The van der Waals surface area contributed by atoms with Crippen molar-refractivity contribution in [2.75, 3.05) is 0 Å². The van der Waals surface area contributed by atoms with E-state index in [0.29, 0.717) is 23.2 Å². The molecular weight excluding hydrogens is 350 g/mol. The molecule has 0 unspecified atom stereocenters. The highest BCUT2D eigenvalue weighted by molar-refractivity contribution is 7.08. The van der Waals surface area contributed by atoms with Gasteiger partial charge in [0.25, 0.3) is 0 Å². The number of nitrogens with zero attached hydrogens (tertiary/aromatic N) is 7. The normalized spacial score (nSPS) is 12.0. The maximum absolute atomic E-state index is 5.99. The number of hydrogen-bond acceptors (Lipinski definition) is 7. The molecule has 0 spiro atoms. The van der Waals surface area contributed by atoms with Gasteiger partial charge in [0.05, 0.1) is 0 Å². The molecule has 8 nitrogen and oxygen atoms in total. The van der Waals surface area contributed by atoms with Crippen LogP contribution in [0.1, 0.15) is 32.2 Å². The highest BCUT2D eigenvalue weighted by atomic mass is 32.1. The Balaban J connectivity index is 1.78. The van der Waals surface area contributed by atoms with Gasteiger partial charge in [-0.25, -0.2) is 4.98 Å². The van der Waals surface area contributed by atoms with Crippen molar-refractivity contribution in [3.8, 4) is 17.3 Å². The molecule has 0 saturated carbocycles. The minimum absolute atomic E-state index is 0.157. The topological polar surface area (TPSA) is 83.0 Å². The Morgan fingerprint density at radius 2 is 2.04 bits per heavy atom. The van der Waals surface area contributed by atoms with Crippen molar-refractivity contribution in [2.45, 2.75) is 32.8 Å². The molecule has 0 fully saturated rings. The molecule has 0 aromatic carbocycles. The fourth-order valence-electron chi connectivity index (χ4n) is 2.61. The maximum atomic E-state index is 5.99. The standard InChI is InChI=1S/C17H19N7OS/c1-17(2,3)12-7-14-19-20-15(11-5-6-26-9-11)24(14)22-16(12)25-8-13-18-10-23(4)21-13/h5-7,9-10H,8H2,1-4H3. The third-order valence-corrected chi connectivity index (χ3v) is 4.62. The summed E-state index contributed by atoms with van der Waals surface area (Å²) in [5, 5.41) is 21.5. The van der Waals surface area contributed by atoms with Gasteiger partial charge in [0, 0.05) is 23.6 Å². The molecule has 0 bridgehead atoms. The summed E-state index contributed by atoms with van der Waals surface area (Å²) in [7, 11) is 1.83. The van der Waals surface area contributed by atoms with Crippen LogP contribution in [0.2, 0.25) is 0 Å². The first-order valence-corrected chi connectivity index (χ1v) is 9.13. The molecule has 0 aliphatic carbocycles. The molecule has 0 aliphatic rings. The van der Waals surface area contributed by atoms with Crippen molar-refractivity contribution in [2.24, 2.45) is 7.05 Å². The molecule has 26 heavy (non-hydrogen) atoms. The first kappa shape index (κ1) is 16.6. The minimum atomic E-state index is -0.157. The van der Waals surface area contributed by atoms with E-state index < -0.39 is 0 Å². The van der Waals surface area contributed by atoms with Crippen molar-refractivity contribution >= 4 is 17.0 Å². The highest BCUT2D eigenvalue weighted by Gasteiger charge is 2.24. The van der Waals surface area contributed by atoms with E-state index >= 15 is 0 Å². The Morgan fingerprint density at radius 3 is 2.69 bits per heavy atom. The molecule has 134 valence electrons. The maximum Gasteiger partial charge on any atom is 0.236 e. The van der Waals surface area contributed by atoms with Crippen LogP contribution in [0.3, 0.4) is 0 Å². The number of aromatic nitrogens is 7. The Kier molecular flexibility index (Phi) is 3.95. The van der Waals surface area contributed by atoms with Gasteiger partial charge in [-0.05, 0) is 22.9 Å². The van der Waals surface area contributed by atoms with Gasteiger partial charge in [0.1, 0.15) is 6.33 Å². The molecule has 0 saturated heterocycles. The number of fused-ring (bicyclic) bond motifs is 1. The van der Waals surface area contributed by atoms with E-state index in [9.17, 15) is 0 Å².